The van der Waals surface area contributed by atoms with Crippen LogP contribution in [0, 0.1) is 6.92 Å². The second-order valence-electron chi connectivity index (χ2n) is 6.88. The molecule has 0 saturated heterocycles. The van der Waals surface area contributed by atoms with Gasteiger partial charge in [0, 0.05) is 17.9 Å². The number of rotatable bonds is 3. The number of hydrogen-bond acceptors (Lipinski definition) is 2. The SMILES string of the molecule is Cc1cc(Cc2cccc(C(F)(F)F)c2)cc(N2CCc3ccccc32)n1. The Bertz CT molecular complexity index is 979. The fourth-order valence-electron chi connectivity index (χ4n) is 3.63. The van der Waals surface area contributed by atoms with Gasteiger partial charge >= 0.3 is 6.18 Å². The van der Waals surface area contributed by atoms with Crippen molar-refractivity contribution in [3.63, 3.8) is 0 Å². The van der Waals surface area contributed by atoms with Gasteiger partial charge in [0.2, 0.25) is 0 Å². The monoisotopic (exact) mass is 368 g/mol. The van der Waals surface area contributed by atoms with Crippen LogP contribution in [0.3, 0.4) is 0 Å². The summed E-state index contributed by atoms with van der Waals surface area (Å²) in [6.07, 6.45) is -2.92. The Morgan fingerprint density at radius 2 is 1.78 bits per heavy atom. The van der Waals surface area contributed by atoms with Gasteiger partial charge in [-0.15, -0.1) is 0 Å². The minimum atomic E-state index is -4.32. The molecule has 1 aliphatic rings. The molecule has 5 heteroatoms. The van der Waals surface area contributed by atoms with Crippen molar-refractivity contribution >= 4 is 11.5 Å². The van der Waals surface area contributed by atoms with Crippen LogP contribution in [-0.4, -0.2) is 11.5 Å². The molecule has 1 aliphatic heterocycles. The van der Waals surface area contributed by atoms with Crippen LogP contribution in [0.15, 0.2) is 60.7 Å². The first kappa shape index (κ1) is 17.6. The molecule has 2 nitrogen and oxygen atoms in total. The summed E-state index contributed by atoms with van der Waals surface area (Å²) < 4.78 is 38.9. The predicted molar refractivity (Wildman–Crippen MR) is 100 cm³/mol. The number of aromatic nitrogens is 1. The second-order valence-corrected chi connectivity index (χ2v) is 6.88. The van der Waals surface area contributed by atoms with Crippen molar-refractivity contribution in [2.45, 2.75) is 25.9 Å². The minimum Gasteiger partial charge on any atom is -0.326 e. The summed E-state index contributed by atoms with van der Waals surface area (Å²) in [6, 6.07) is 17.7. The molecule has 138 valence electrons. The van der Waals surface area contributed by atoms with Crippen molar-refractivity contribution in [2.75, 3.05) is 11.4 Å². The molecular formula is C22H19F3N2. The van der Waals surface area contributed by atoms with Crippen LogP contribution >= 0.6 is 0 Å². The third-order valence-electron chi connectivity index (χ3n) is 4.83. The van der Waals surface area contributed by atoms with Crippen LogP contribution in [0.25, 0.3) is 0 Å². The van der Waals surface area contributed by atoms with Crippen LogP contribution in [0.1, 0.15) is 27.9 Å². The second kappa shape index (κ2) is 6.72. The molecule has 0 saturated carbocycles. The molecule has 0 aliphatic carbocycles. The molecule has 4 rings (SSSR count). The van der Waals surface area contributed by atoms with E-state index in [9.17, 15) is 13.2 Å². The molecule has 0 fully saturated rings. The Hall–Kier alpha value is -2.82. The smallest absolute Gasteiger partial charge is 0.326 e. The van der Waals surface area contributed by atoms with E-state index in [4.69, 9.17) is 0 Å². The molecule has 0 unspecified atom stereocenters. The molecule has 0 spiro atoms. The Balaban J connectivity index is 1.65. The van der Waals surface area contributed by atoms with Gasteiger partial charge in [-0.05, 0) is 60.7 Å². The van der Waals surface area contributed by atoms with E-state index in [1.165, 1.54) is 17.7 Å². The number of hydrogen-bond donors (Lipinski definition) is 0. The molecule has 1 aromatic heterocycles. The average molecular weight is 368 g/mol. The lowest BCUT2D eigenvalue weighted by molar-refractivity contribution is -0.137. The fourth-order valence-corrected chi connectivity index (χ4v) is 3.63. The summed E-state index contributed by atoms with van der Waals surface area (Å²) in [7, 11) is 0. The number of nitrogens with zero attached hydrogens (tertiary/aromatic N) is 2. The van der Waals surface area contributed by atoms with E-state index < -0.39 is 11.7 Å². The zero-order chi connectivity index (χ0) is 19.0. The predicted octanol–water partition coefficient (Wildman–Crippen LogP) is 5.69. The molecule has 0 amide bonds. The Morgan fingerprint density at radius 3 is 2.59 bits per heavy atom. The third-order valence-corrected chi connectivity index (χ3v) is 4.83. The summed E-state index contributed by atoms with van der Waals surface area (Å²) in [5, 5.41) is 0. The summed E-state index contributed by atoms with van der Waals surface area (Å²) in [4.78, 5) is 6.84. The van der Waals surface area contributed by atoms with Crippen molar-refractivity contribution in [3.8, 4) is 0 Å². The molecule has 0 bridgehead atoms. The highest BCUT2D eigenvalue weighted by atomic mass is 19.4. The van der Waals surface area contributed by atoms with E-state index in [1.807, 2.05) is 31.2 Å². The highest BCUT2D eigenvalue weighted by Crippen LogP contribution is 2.34. The number of benzene rings is 2. The van der Waals surface area contributed by atoms with Crippen LogP contribution in [0.2, 0.25) is 0 Å². The number of para-hydroxylation sites is 1. The first-order valence-electron chi connectivity index (χ1n) is 8.89. The summed E-state index contributed by atoms with van der Waals surface area (Å²) in [5.41, 5.74) is 4.29. The van der Waals surface area contributed by atoms with Gasteiger partial charge in [-0.2, -0.15) is 13.2 Å². The maximum absolute atomic E-state index is 13.0. The standard InChI is InChI=1S/C22H19F3N2/c1-15-11-17(12-16-5-4-7-19(13-16)22(23,24)25)14-21(26-15)27-10-9-18-6-2-3-8-20(18)27/h2-8,11,13-14H,9-10,12H2,1H3. The van der Waals surface area contributed by atoms with Crippen LogP contribution in [-0.2, 0) is 19.0 Å². The molecule has 3 aromatic rings. The Morgan fingerprint density at radius 1 is 0.963 bits per heavy atom. The summed E-state index contributed by atoms with van der Waals surface area (Å²) >= 11 is 0. The number of anilines is 2. The molecule has 0 atom stereocenters. The summed E-state index contributed by atoms with van der Waals surface area (Å²) in [6.45, 7) is 2.78. The van der Waals surface area contributed by atoms with Gasteiger partial charge in [0.15, 0.2) is 0 Å². The number of fused-ring (bicyclic) bond motifs is 1. The zero-order valence-corrected chi connectivity index (χ0v) is 14.9. The number of pyridine rings is 1. The first-order chi connectivity index (χ1) is 12.9. The van der Waals surface area contributed by atoms with Gasteiger partial charge in [0.1, 0.15) is 5.82 Å². The van der Waals surface area contributed by atoms with Crippen molar-refractivity contribution < 1.29 is 13.2 Å². The fraction of sp³-hybridized carbons (Fsp3) is 0.227. The highest BCUT2D eigenvalue weighted by molar-refractivity contribution is 5.68. The molecular weight excluding hydrogens is 349 g/mol. The van der Waals surface area contributed by atoms with Crippen molar-refractivity contribution in [2.24, 2.45) is 0 Å². The maximum atomic E-state index is 13.0. The van der Waals surface area contributed by atoms with Crippen LogP contribution < -0.4 is 4.90 Å². The third kappa shape index (κ3) is 3.68. The number of aryl methyl sites for hydroxylation is 1. The topological polar surface area (TPSA) is 16.1 Å². The molecule has 2 aromatic carbocycles. The van der Waals surface area contributed by atoms with E-state index in [0.717, 1.165) is 41.8 Å². The summed E-state index contributed by atoms with van der Waals surface area (Å²) in [5.74, 6) is 0.849. The lowest BCUT2D eigenvalue weighted by Gasteiger charge is -2.20. The van der Waals surface area contributed by atoms with Crippen molar-refractivity contribution in [1.82, 2.24) is 4.98 Å². The van der Waals surface area contributed by atoms with E-state index in [2.05, 4.69) is 22.0 Å². The van der Waals surface area contributed by atoms with Gasteiger partial charge < -0.3 is 4.90 Å². The normalized spacial score (nSPS) is 13.7. The van der Waals surface area contributed by atoms with Crippen LogP contribution in [0.5, 0.6) is 0 Å². The molecule has 27 heavy (non-hydrogen) atoms. The van der Waals surface area contributed by atoms with Gasteiger partial charge in [-0.25, -0.2) is 4.98 Å². The Kier molecular flexibility index (Phi) is 4.38. The lowest BCUT2D eigenvalue weighted by atomic mass is 10.0. The quantitative estimate of drug-likeness (QED) is 0.590. The first-order valence-corrected chi connectivity index (χ1v) is 8.89. The van der Waals surface area contributed by atoms with Crippen molar-refractivity contribution in [1.29, 1.82) is 0 Å². The van der Waals surface area contributed by atoms with Crippen LogP contribution in [0.4, 0.5) is 24.7 Å². The van der Waals surface area contributed by atoms with Gasteiger partial charge in [0.25, 0.3) is 0 Å². The number of halogens is 3. The van der Waals surface area contributed by atoms with Gasteiger partial charge in [-0.1, -0.05) is 36.4 Å². The van der Waals surface area contributed by atoms with E-state index in [-0.39, 0.29) is 0 Å². The molecule has 2 heterocycles. The van der Waals surface area contributed by atoms with E-state index in [0.29, 0.717) is 12.0 Å². The van der Waals surface area contributed by atoms with Gasteiger partial charge in [0.05, 0.1) is 5.56 Å². The Labute approximate surface area is 156 Å². The van der Waals surface area contributed by atoms with Crippen molar-refractivity contribution in [3.05, 3.63) is 88.6 Å². The maximum Gasteiger partial charge on any atom is 0.416 e. The molecule has 0 radical (unpaired) electrons. The molecule has 0 N–H and O–H groups in total. The lowest BCUT2D eigenvalue weighted by Crippen LogP contribution is -2.15. The zero-order valence-electron chi connectivity index (χ0n) is 14.9. The minimum absolute atomic E-state index is 0.440. The van der Waals surface area contributed by atoms with Gasteiger partial charge in [-0.3, -0.25) is 0 Å². The largest absolute Gasteiger partial charge is 0.416 e. The van der Waals surface area contributed by atoms with E-state index in [1.54, 1.807) is 6.07 Å². The number of alkyl halides is 3. The average Bonchev–Trinajstić information content (AvgIpc) is 3.05. The van der Waals surface area contributed by atoms with E-state index >= 15 is 0 Å². The highest BCUT2D eigenvalue weighted by Gasteiger charge is 2.30.